The van der Waals surface area contributed by atoms with Gasteiger partial charge in [-0.25, -0.2) is 4.79 Å². The molecule has 0 radical (unpaired) electrons. The van der Waals surface area contributed by atoms with Crippen molar-refractivity contribution in [1.82, 2.24) is 4.90 Å². The van der Waals surface area contributed by atoms with Gasteiger partial charge in [-0.1, -0.05) is 6.07 Å². The van der Waals surface area contributed by atoms with Crippen LogP contribution in [0.2, 0.25) is 0 Å². The number of likely N-dealkylation sites (tertiary alicyclic amines) is 1. The van der Waals surface area contributed by atoms with E-state index in [-0.39, 0.29) is 17.9 Å². The lowest BCUT2D eigenvalue weighted by Gasteiger charge is -2.38. The van der Waals surface area contributed by atoms with E-state index in [0.29, 0.717) is 18.2 Å². The predicted molar refractivity (Wildman–Crippen MR) is 86.9 cm³/mol. The molecule has 1 amide bonds. The minimum absolute atomic E-state index is 0.105. The molecule has 3 N–H and O–H groups in total. The van der Waals surface area contributed by atoms with Crippen LogP contribution >= 0.6 is 0 Å². The van der Waals surface area contributed by atoms with E-state index < -0.39 is 5.60 Å². The van der Waals surface area contributed by atoms with Crippen LogP contribution < -0.4 is 5.73 Å². The summed E-state index contributed by atoms with van der Waals surface area (Å²) in [5.41, 5.74) is 6.63. The zero-order valence-corrected chi connectivity index (χ0v) is 13.8. The Morgan fingerprint density at radius 2 is 2.09 bits per heavy atom. The first-order valence-corrected chi connectivity index (χ1v) is 7.75. The first-order chi connectivity index (χ1) is 10.2. The summed E-state index contributed by atoms with van der Waals surface area (Å²) in [5, 5.41) is 9.75. The zero-order chi connectivity index (χ0) is 16.5. The van der Waals surface area contributed by atoms with Crippen LogP contribution in [0.3, 0.4) is 0 Å². The van der Waals surface area contributed by atoms with Gasteiger partial charge < -0.3 is 20.5 Å². The number of nitrogens with two attached hydrogens (primary N) is 1. The molecule has 5 nitrogen and oxygen atoms in total. The number of rotatable bonds is 1. The number of aromatic hydroxyl groups is 1. The van der Waals surface area contributed by atoms with Crippen molar-refractivity contribution in [1.29, 1.82) is 0 Å². The molecule has 122 valence electrons. The van der Waals surface area contributed by atoms with Crippen LogP contribution in [0.5, 0.6) is 5.75 Å². The van der Waals surface area contributed by atoms with E-state index in [4.69, 9.17) is 10.5 Å². The van der Waals surface area contributed by atoms with Crippen molar-refractivity contribution < 1.29 is 14.6 Å². The Morgan fingerprint density at radius 1 is 1.41 bits per heavy atom. The molecule has 1 aromatic carbocycles. The first kappa shape index (κ1) is 16.5. The Balaban J connectivity index is 2.03. The molecular weight excluding hydrogens is 280 g/mol. The second kappa shape index (κ2) is 6.07. The molecule has 22 heavy (non-hydrogen) atoms. The Hall–Kier alpha value is -1.91. The summed E-state index contributed by atoms with van der Waals surface area (Å²) in [5.74, 6) is 0.444. The molecule has 0 saturated carbocycles. The minimum Gasteiger partial charge on any atom is -0.506 e. The topological polar surface area (TPSA) is 75.8 Å². The number of amides is 1. The molecule has 0 bridgehead atoms. The molecule has 1 aliphatic heterocycles. The fourth-order valence-electron chi connectivity index (χ4n) is 2.88. The van der Waals surface area contributed by atoms with Gasteiger partial charge in [-0.15, -0.1) is 0 Å². The number of anilines is 1. The molecule has 1 aromatic rings. The van der Waals surface area contributed by atoms with E-state index in [9.17, 15) is 9.90 Å². The number of phenolic OH excluding ortho intramolecular Hbond substituents is 1. The van der Waals surface area contributed by atoms with Gasteiger partial charge in [-0.3, -0.25) is 0 Å². The van der Waals surface area contributed by atoms with Crippen LogP contribution in [0.4, 0.5) is 10.5 Å². The van der Waals surface area contributed by atoms with Gasteiger partial charge in [0.1, 0.15) is 11.4 Å². The Morgan fingerprint density at radius 3 is 2.64 bits per heavy atom. The molecule has 5 heteroatoms. The molecule has 0 aromatic heterocycles. The lowest BCUT2D eigenvalue weighted by atomic mass is 9.86. The van der Waals surface area contributed by atoms with Crippen LogP contribution in [0.15, 0.2) is 18.2 Å². The van der Waals surface area contributed by atoms with Gasteiger partial charge >= 0.3 is 6.09 Å². The van der Waals surface area contributed by atoms with Crippen LogP contribution in [0.25, 0.3) is 0 Å². The lowest BCUT2D eigenvalue weighted by molar-refractivity contribution is 0.0103. The summed E-state index contributed by atoms with van der Waals surface area (Å²) >= 11 is 0. The third kappa shape index (κ3) is 3.84. The summed E-state index contributed by atoms with van der Waals surface area (Å²) in [6, 6.07) is 5.52. The van der Waals surface area contributed by atoms with E-state index in [2.05, 4.69) is 0 Å². The van der Waals surface area contributed by atoms with Gasteiger partial charge in [-0.05, 0) is 64.2 Å². The Labute approximate surface area is 132 Å². The normalized spacial score (nSPS) is 22.5. The van der Waals surface area contributed by atoms with Crippen LogP contribution in [-0.4, -0.2) is 34.3 Å². The molecular formula is C17H26N2O3. The molecule has 1 unspecified atom stereocenters. The lowest BCUT2D eigenvalue weighted by Crippen LogP contribution is -2.46. The number of carbonyl (C=O) groups excluding carboxylic acids is 1. The molecule has 2 atom stereocenters. The molecule has 0 spiro atoms. The van der Waals surface area contributed by atoms with E-state index >= 15 is 0 Å². The highest BCUT2D eigenvalue weighted by Gasteiger charge is 2.32. The number of hydrogen-bond donors (Lipinski definition) is 2. The minimum atomic E-state index is -0.476. The maximum absolute atomic E-state index is 12.2. The number of hydrogen-bond acceptors (Lipinski definition) is 4. The van der Waals surface area contributed by atoms with Crippen LogP contribution in [0.1, 0.15) is 52.0 Å². The van der Waals surface area contributed by atoms with E-state index in [1.807, 2.05) is 33.8 Å². The van der Waals surface area contributed by atoms with Crippen LogP contribution in [-0.2, 0) is 4.74 Å². The fraction of sp³-hybridized carbons (Fsp3) is 0.588. The molecule has 1 heterocycles. The Kier molecular flexibility index (Phi) is 4.54. The van der Waals surface area contributed by atoms with Crippen LogP contribution in [0, 0.1) is 0 Å². The van der Waals surface area contributed by atoms with Crippen molar-refractivity contribution in [3.63, 3.8) is 0 Å². The summed E-state index contributed by atoms with van der Waals surface area (Å²) in [6.07, 6.45) is 1.45. The zero-order valence-electron chi connectivity index (χ0n) is 13.8. The predicted octanol–water partition coefficient (Wildman–Crippen LogP) is 3.48. The van der Waals surface area contributed by atoms with E-state index in [0.717, 1.165) is 18.4 Å². The quantitative estimate of drug-likeness (QED) is 0.615. The molecule has 1 fully saturated rings. The molecule has 1 aliphatic rings. The third-order valence-electron chi connectivity index (χ3n) is 4.03. The largest absolute Gasteiger partial charge is 0.506 e. The smallest absolute Gasteiger partial charge is 0.410 e. The second-order valence-corrected chi connectivity index (χ2v) is 7.06. The second-order valence-electron chi connectivity index (χ2n) is 7.06. The van der Waals surface area contributed by atoms with E-state index in [1.165, 1.54) is 0 Å². The average molecular weight is 306 g/mol. The highest BCUT2D eigenvalue weighted by Crippen LogP contribution is 2.35. The standard InChI is InChI=1S/C17H26N2O3/c1-11-9-13(12-5-6-14(18)15(20)10-12)7-8-19(11)16(21)22-17(2,3)4/h5-6,10-11,13,20H,7-9,18H2,1-4H3/t11-,13?/m0/s1. The number of carbonyl (C=O) groups is 1. The van der Waals surface area contributed by atoms with Gasteiger partial charge in [0.25, 0.3) is 0 Å². The molecule has 0 aliphatic carbocycles. The van der Waals surface area contributed by atoms with Crippen molar-refractivity contribution >= 4 is 11.8 Å². The van der Waals surface area contributed by atoms with Crippen molar-refractivity contribution in [2.75, 3.05) is 12.3 Å². The highest BCUT2D eigenvalue weighted by molar-refractivity contribution is 5.68. The average Bonchev–Trinajstić information content (AvgIpc) is 2.39. The number of benzene rings is 1. The third-order valence-corrected chi connectivity index (χ3v) is 4.03. The number of piperidine rings is 1. The van der Waals surface area contributed by atoms with E-state index in [1.54, 1.807) is 17.0 Å². The van der Waals surface area contributed by atoms with Gasteiger partial charge in [0.05, 0.1) is 5.69 Å². The van der Waals surface area contributed by atoms with Gasteiger partial charge in [0.2, 0.25) is 0 Å². The summed E-state index contributed by atoms with van der Waals surface area (Å²) in [4.78, 5) is 14.0. The summed E-state index contributed by atoms with van der Waals surface area (Å²) in [6.45, 7) is 8.32. The van der Waals surface area contributed by atoms with Crippen molar-refractivity contribution in [3.05, 3.63) is 23.8 Å². The van der Waals surface area contributed by atoms with Crippen molar-refractivity contribution in [3.8, 4) is 5.75 Å². The SMILES string of the molecule is C[C@H]1CC(c2ccc(N)c(O)c2)CCN1C(=O)OC(C)(C)C. The monoisotopic (exact) mass is 306 g/mol. The molecule has 2 rings (SSSR count). The number of ether oxygens (including phenoxy) is 1. The number of nitrogen functional groups attached to an aromatic ring is 1. The number of phenols is 1. The summed E-state index contributed by atoms with van der Waals surface area (Å²) in [7, 11) is 0. The van der Waals surface area contributed by atoms with Crippen molar-refractivity contribution in [2.24, 2.45) is 0 Å². The molecule has 1 saturated heterocycles. The number of nitrogens with zero attached hydrogens (tertiary/aromatic N) is 1. The van der Waals surface area contributed by atoms with Gasteiger partial charge in [-0.2, -0.15) is 0 Å². The maximum Gasteiger partial charge on any atom is 0.410 e. The van der Waals surface area contributed by atoms with Gasteiger partial charge in [0, 0.05) is 12.6 Å². The summed E-state index contributed by atoms with van der Waals surface area (Å²) < 4.78 is 5.45. The van der Waals surface area contributed by atoms with Gasteiger partial charge in [0.15, 0.2) is 0 Å². The highest BCUT2D eigenvalue weighted by atomic mass is 16.6. The van der Waals surface area contributed by atoms with Crippen molar-refractivity contribution in [2.45, 2.75) is 58.1 Å². The first-order valence-electron chi connectivity index (χ1n) is 7.75. The fourth-order valence-corrected chi connectivity index (χ4v) is 2.88. The maximum atomic E-state index is 12.2. The Bertz CT molecular complexity index is 551.